The Morgan fingerprint density at radius 1 is 1.20 bits per heavy atom. The first-order valence-corrected chi connectivity index (χ1v) is 8.40. The van der Waals surface area contributed by atoms with Gasteiger partial charge in [-0.3, -0.25) is 0 Å². The first kappa shape index (κ1) is 13.6. The van der Waals surface area contributed by atoms with E-state index in [1.807, 2.05) is 0 Å². The van der Waals surface area contributed by atoms with Gasteiger partial charge in [-0.25, -0.2) is 0 Å². The van der Waals surface area contributed by atoms with E-state index in [1.165, 1.54) is 43.9 Å². The number of aromatic nitrogens is 4. The number of hydrogen-bond donors (Lipinski definition) is 2. The van der Waals surface area contributed by atoms with Crippen molar-refractivity contribution in [3.8, 4) is 0 Å². The zero-order valence-corrected chi connectivity index (χ0v) is 12.5. The second-order valence-corrected chi connectivity index (χ2v) is 6.88. The molecule has 2 aromatic heterocycles. The molecule has 7 nitrogen and oxygen atoms in total. The molecule has 0 amide bonds. The molecule has 2 aromatic rings. The Hall–Kier alpha value is -1.35. The van der Waals surface area contributed by atoms with Crippen LogP contribution in [0.25, 0.3) is 0 Å². The maximum atomic E-state index is 5.37. The predicted molar refractivity (Wildman–Crippen MR) is 78.7 cm³/mol. The zero-order valence-electron chi connectivity index (χ0n) is 10.9. The zero-order chi connectivity index (χ0) is 13.8. The highest BCUT2D eigenvalue weighted by atomic mass is 32.2. The molecule has 0 aromatic carbocycles. The van der Waals surface area contributed by atoms with Crippen LogP contribution in [0.15, 0.2) is 8.76 Å². The standard InChI is InChI=1S/C11H16N6OS2/c12-9-15-14-8(18-9)6-19-11-17-16-10(20-11)13-7-4-2-1-3-5-7/h7H,1-6H2,(H2,12,15)(H,13,16). The van der Waals surface area contributed by atoms with Crippen molar-refractivity contribution in [2.24, 2.45) is 0 Å². The third kappa shape index (κ3) is 3.60. The summed E-state index contributed by atoms with van der Waals surface area (Å²) >= 11 is 3.08. The molecular weight excluding hydrogens is 296 g/mol. The molecular formula is C11H16N6OS2. The minimum Gasteiger partial charge on any atom is -0.407 e. The molecule has 20 heavy (non-hydrogen) atoms. The number of thioether (sulfide) groups is 1. The molecule has 0 bridgehead atoms. The van der Waals surface area contributed by atoms with E-state index in [1.54, 1.807) is 11.3 Å². The van der Waals surface area contributed by atoms with E-state index in [2.05, 4.69) is 25.7 Å². The Morgan fingerprint density at radius 2 is 2.05 bits per heavy atom. The second kappa shape index (κ2) is 6.40. The van der Waals surface area contributed by atoms with Gasteiger partial charge in [0.1, 0.15) is 0 Å². The monoisotopic (exact) mass is 312 g/mol. The number of nitrogen functional groups attached to an aromatic ring is 1. The summed E-state index contributed by atoms with van der Waals surface area (Å²) in [4.78, 5) is 0. The Balaban J connectivity index is 1.51. The first-order valence-electron chi connectivity index (χ1n) is 6.60. The Morgan fingerprint density at radius 3 is 2.80 bits per heavy atom. The van der Waals surface area contributed by atoms with Crippen molar-refractivity contribution in [3.63, 3.8) is 0 Å². The van der Waals surface area contributed by atoms with E-state index in [0.29, 0.717) is 17.7 Å². The molecule has 0 atom stereocenters. The van der Waals surface area contributed by atoms with Gasteiger partial charge in [-0.05, 0) is 12.8 Å². The van der Waals surface area contributed by atoms with Crippen LogP contribution in [0.2, 0.25) is 0 Å². The van der Waals surface area contributed by atoms with Gasteiger partial charge in [0, 0.05) is 6.04 Å². The number of nitrogens with zero attached hydrogens (tertiary/aromatic N) is 4. The molecule has 108 valence electrons. The van der Waals surface area contributed by atoms with Crippen molar-refractivity contribution in [1.82, 2.24) is 20.4 Å². The molecule has 2 heterocycles. The number of anilines is 2. The van der Waals surface area contributed by atoms with Crippen molar-refractivity contribution in [1.29, 1.82) is 0 Å². The smallest absolute Gasteiger partial charge is 0.312 e. The number of rotatable bonds is 5. The van der Waals surface area contributed by atoms with Crippen LogP contribution >= 0.6 is 23.1 Å². The fraction of sp³-hybridized carbons (Fsp3) is 0.636. The lowest BCUT2D eigenvalue weighted by molar-refractivity contribution is 0.462. The lowest BCUT2D eigenvalue weighted by Crippen LogP contribution is -2.21. The molecule has 0 spiro atoms. The normalized spacial score (nSPS) is 16.4. The molecule has 0 aliphatic heterocycles. The van der Waals surface area contributed by atoms with Crippen molar-refractivity contribution >= 4 is 34.2 Å². The van der Waals surface area contributed by atoms with Gasteiger partial charge >= 0.3 is 6.01 Å². The topological polar surface area (TPSA) is 103 Å². The van der Waals surface area contributed by atoms with E-state index < -0.39 is 0 Å². The summed E-state index contributed by atoms with van der Waals surface area (Å²) in [5.74, 6) is 1.06. The summed E-state index contributed by atoms with van der Waals surface area (Å²) in [6.45, 7) is 0. The van der Waals surface area contributed by atoms with Gasteiger partial charge in [-0.15, -0.1) is 15.3 Å². The number of nitrogens with one attached hydrogen (secondary N) is 1. The van der Waals surface area contributed by atoms with Crippen LogP contribution in [0.4, 0.5) is 11.1 Å². The van der Waals surface area contributed by atoms with Crippen LogP contribution < -0.4 is 11.1 Å². The van der Waals surface area contributed by atoms with E-state index in [-0.39, 0.29) is 6.01 Å². The summed E-state index contributed by atoms with van der Waals surface area (Å²) in [6.07, 6.45) is 6.41. The van der Waals surface area contributed by atoms with Gasteiger partial charge in [0.05, 0.1) is 5.75 Å². The van der Waals surface area contributed by atoms with Crippen molar-refractivity contribution in [2.45, 2.75) is 48.2 Å². The average Bonchev–Trinajstić information content (AvgIpc) is 3.07. The fourth-order valence-corrected chi connectivity index (χ4v) is 3.86. The Labute approximate surface area is 124 Å². The van der Waals surface area contributed by atoms with Gasteiger partial charge in [-0.2, -0.15) is 0 Å². The summed E-state index contributed by atoms with van der Waals surface area (Å²) in [5, 5.41) is 20.1. The predicted octanol–water partition coefficient (Wildman–Crippen LogP) is 2.54. The molecule has 0 radical (unpaired) electrons. The average molecular weight is 312 g/mol. The lowest BCUT2D eigenvalue weighted by Gasteiger charge is -2.21. The van der Waals surface area contributed by atoms with Crippen molar-refractivity contribution in [3.05, 3.63) is 5.89 Å². The van der Waals surface area contributed by atoms with E-state index in [4.69, 9.17) is 10.2 Å². The van der Waals surface area contributed by atoms with Gasteiger partial charge in [0.2, 0.25) is 11.0 Å². The molecule has 1 fully saturated rings. The van der Waals surface area contributed by atoms with Gasteiger partial charge in [-0.1, -0.05) is 47.5 Å². The molecule has 3 rings (SSSR count). The van der Waals surface area contributed by atoms with Gasteiger partial charge in [0.25, 0.3) is 0 Å². The Kier molecular flexibility index (Phi) is 4.36. The highest BCUT2D eigenvalue weighted by Gasteiger charge is 2.15. The highest BCUT2D eigenvalue weighted by molar-refractivity contribution is 8.00. The minimum atomic E-state index is 0.0949. The Bertz CT molecular complexity index is 551. The maximum Gasteiger partial charge on any atom is 0.312 e. The van der Waals surface area contributed by atoms with Gasteiger partial charge in [0.15, 0.2) is 4.34 Å². The van der Waals surface area contributed by atoms with E-state index in [0.717, 1.165) is 9.47 Å². The molecule has 1 aliphatic rings. The third-order valence-electron chi connectivity index (χ3n) is 3.14. The number of hydrogen-bond acceptors (Lipinski definition) is 9. The summed E-state index contributed by atoms with van der Waals surface area (Å²) in [5.41, 5.74) is 5.37. The van der Waals surface area contributed by atoms with Crippen molar-refractivity contribution in [2.75, 3.05) is 11.1 Å². The minimum absolute atomic E-state index is 0.0949. The molecule has 1 saturated carbocycles. The molecule has 9 heteroatoms. The first-order chi connectivity index (χ1) is 9.79. The molecule has 1 aliphatic carbocycles. The molecule has 0 unspecified atom stereocenters. The molecule has 0 saturated heterocycles. The van der Waals surface area contributed by atoms with Crippen LogP contribution in [-0.2, 0) is 5.75 Å². The van der Waals surface area contributed by atoms with Crippen LogP contribution in [0.1, 0.15) is 38.0 Å². The van der Waals surface area contributed by atoms with Crippen LogP contribution in [0, 0.1) is 0 Å². The largest absolute Gasteiger partial charge is 0.407 e. The molecule has 3 N–H and O–H groups in total. The fourth-order valence-electron chi connectivity index (χ4n) is 2.20. The SMILES string of the molecule is Nc1nnc(CSc2nnc(NC3CCCCC3)s2)o1. The summed E-state index contributed by atoms with van der Waals surface area (Å²) in [7, 11) is 0. The maximum absolute atomic E-state index is 5.37. The van der Waals surface area contributed by atoms with Crippen LogP contribution in [-0.4, -0.2) is 26.4 Å². The van der Waals surface area contributed by atoms with E-state index >= 15 is 0 Å². The third-order valence-corrected chi connectivity index (χ3v) is 5.11. The summed E-state index contributed by atoms with van der Waals surface area (Å²) < 4.78 is 6.00. The summed E-state index contributed by atoms with van der Waals surface area (Å²) in [6, 6.07) is 0.641. The second-order valence-electron chi connectivity index (χ2n) is 4.68. The van der Waals surface area contributed by atoms with Gasteiger partial charge < -0.3 is 15.5 Å². The van der Waals surface area contributed by atoms with Crippen LogP contribution in [0.3, 0.4) is 0 Å². The lowest BCUT2D eigenvalue weighted by atomic mass is 9.96. The highest BCUT2D eigenvalue weighted by Crippen LogP contribution is 2.30. The van der Waals surface area contributed by atoms with Crippen LogP contribution in [0.5, 0.6) is 0 Å². The van der Waals surface area contributed by atoms with Crippen molar-refractivity contribution < 1.29 is 4.42 Å². The quantitative estimate of drug-likeness (QED) is 0.812. The van der Waals surface area contributed by atoms with E-state index in [9.17, 15) is 0 Å². The number of nitrogens with two attached hydrogens (primary N) is 1.